The third kappa shape index (κ3) is 8.41. The van der Waals surface area contributed by atoms with Crippen LogP contribution in [0.3, 0.4) is 0 Å². The van der Waals surface area contributed by atoms with Crippen LogP contribution in [0.1, 0.15) is 82.4 Å². The average Bonchev–Trinajstić information content (AvgIpc) is 3.15. The highest BCUT2D eigenvalue weighted by Crippen LogP contribution is 2.31. The number of benzene rings is 2. The zero-order chi connectivity index (χ0) is 27.1. The summed E-state index contributed by atoms with van der Waals surface area (Å²) in [5.41, 5.74) is 4.31. The Morgan fingerprint density at radius 2 is 1.53 bits per heavy atom. The van der Waals surface area contributed by atoms with Gasteiger partial charge in [-0.2, -0.15) is 0 Å². The van der Waals surface area contributed by atoms with E-state index in [2.05, 4.69) is 49.3 Å². The van der Waals surface area contributed by atoms with Crippen LogP contribution in [-0.4, -0.2) is 42.2 Å². The molecule has 5 nitrogen and oxygen atoms in total. The van der Waals surface area contributed by atoms with E-state index in [-0.39, 0.29) is 5.97 Å². The zero-order valence-corrected chi connectivity index (χ0v) is 24.1. The Kier molecular flexibility index (Phi) is 14.6. The van der Waals surface area contributed by atoms with Crippen LogP contribution in [-0.2, 0) is 11.3 Å². The molecule has 3 aromatic rings. The summed E-state index contributed by atoms with van der Waals surface area (Å²) in [4.78, 5) is 14.4. The Balaban J connectivity index is 0.00000154. The van der Waals surface area contributed by atoms with Crippen LogP contribution in [0.4, 0.5) is 0 Å². The van der Waals surface area contributed by atoms with E-state index < -0.39 is 0 Å². The van der Waals surface area contributed by atoms with Crippen molar-refractivity contribution in [2.24, 2.45) is 0 Å². The first kappa shape index (κ1) is 31.2. The normalized spacial score (nSPS) is 10.4. The van der Waals surface area contributed by atoms with Gasteiger partial charge in [-0.3, -0.25) is 0 Å². The molecule has 0 N–H and O–H groups in total. The van der Waals surface area contributed by atoms with Crippen LogP contribution in [0.2, 0.25) is 0 Å². The predicted octanol–water partition coefficient (Wildman–Crippen LogP) is 8.40. The van der Waals surface area contributed by atoms with E-state index in [9.17, 15) is 4.79 Å². The van der Waals surface area contributed by atoms with Crippen molar-refractivity contribution in [2.45, 2.75) is 81.2 Å². The summed E-state index contributed by atoms with van der Waals surface area (Å²) in [6.45, 7) is 21.4. The van der Waals surface area contributed by atoms with Crippen molar-refractivity contribution in [2.75, 3.05) is 26.7 Å². The standard InChI is InChI=1S/C27H36N2O3.2C2H6/c1-6-14-28(15-7-2)16-9-17-29-21(4)20(3)25-19-24(12-13-26(25)29)32-23-11-8-10-22(18-23)27(30)31-5;2*1-2/h8,10-13,18-19H,6-7,9,14-17H2,1-5H3;2*1-2H3. The van der Waals surface area contributed by atoms with Gasteiger partial charge in [0, 0.05) is 23.1 Å². The number of ether oxygens (including phenoxy) is 2. The van der Waals surface area contributed by atoms with Crippen LogP contribution in [0.25, 0.3) is 10.9 Å². The molecule has 0 aliphatic carbocycles. The number of aromatic nitrogens is 1. The molecular weight excluding hydrogens is 448 g/mol. The van der Waals surface area contributed by atoms with Crippen molar-refractivity contribution >= 4 is 16.9 Å². The van der Waals surface area contributed by atoms with Gasteiger partial charge in [-0.25, -0.2) is 4.79 Å². The molecule has 36 heavy (non-hydrogen) atoms. The fraction of sp³-hybridized carbons (Fsp3) is 0.516. The van der Waals surface area contributed by atoms with Gasteiger partial charge in [-0.15, -0.1) is 0 Å². The third-order valence-electron chi connectivity index (χ3n) is 6.04. The Hall–Kier alpha value is -2.79. The zero-order valence-electron chi connectivity index (χ0n) is 24.1. The number of rotatable bonds is 11. The van der Waals surface area contributed by atoms with Gasteiger partial charge in [-0.05, 0) is 94.7 Å². The lowest BCUT2D eigenvalue weighted by Gasteiger charge is -2.21. The Morgan fingerprint density at radius 1 is 0.889 bits per heavy atom. The smallest absolute Gasteiger partial charge is 0.337 e. The van der Waals surface area contributed by atoms with E-state index in [0.29, 0.717) is 11.3 Å². The number of nitrogens with zero attached hydrogens (tertiary/aromatic N) is 2. The lowest BCUT2D eigenvalue weighted by atomic mass is 10.1. The molecule has 0 bridgehead atoms. The van der Waals surface area contributed by atoms with Crippen molar-refractivity contribution in [1.29, 1.82) is 0 Å². The van der Waals surface area contributed by atoms with Crippen LogP contribution in [0.5, 0.6) is 11.5 Å². The third-order valence-corrected chi connectivity index (χ3v) is 6.04. The lowest BCUT2D eigenvalue weighted by molar-refractivity contribution is 0.0600. The first-order chi connectivity index (χ1) is 17.5. The molecule has 0 atom stereocenters. The second-order valence-corrected chi connectivity index (χ2v) is 8.36. The number of methoxy groups -OCH3 is 1. The monoisotopic (exact) mass is 496 g/mol. The molecule has 3 rings (SSSR count). The molecule has 1 heterocycles. The molecule has 0 unspecified atom stereocenters. The fourth-order valence-corrected chi connectivity index (χ4v) is 4.34. The second kappa shape index (κ2) is 16.8. The van der Waals surface area contributed by atoms with E-state index in [1.165, 1.54) is 55.2 Å². The number of esters is 1. The van der Waals surface area contributed by atoms with Crippen molar-refractivity contribution in [3.8, 4) is 11.5 Å². The van der Waals surface area contributed by atoms with Crippen LogP contribution in [0, 0.1) is 13.8 Å². The number of fused-ring (bicyclic) bond motifs is 1. The fourth-order valence-electron chi connectivity index (χ4n) is 4.34. The van der Waals surface area contributed by atoms with Crippen molar-refractivity contribution in [3.05, 3.63) is 59.3 Å². The molecular formula is C31H48N2O3. The highest BCUT2D eigenvalue weighted by molar-refractivity contribution is 5.90. The van der Waals surface area contributed by atoms with Crippen LogP contribution >= 0.6 is 0 Å². The van der Waals surface area contributed by atoms with Crippen molar-refractivity contribution in [1.82, 2.24) is 9.47 Å². The largest absolute Gasteiger partial charge is 0.465 e. The van der Waals surface area contributed by atoms with Crippen molar-refractivity contribution in [3.63, 3.8) is 0 Å². The average molecular weight is 497 g/mol. The summed E-state index contributed by atoms with van der Waals surface area (Å²) >= 11 is 0. The van der Waals surface area contributed by atoms with E-state index in [4.69, 9.17) is 9.47 Å². The number of carbonyl (C=O) groups excluding carboxylic acids is 1. The Bertz CT molecular complexity index is 1050. The van der Waals surface area contributed by atoms with Gasteiger partial charge in [0.1, 0.15) is 11.5 Å². The summed E-state index contributed by atoms with van der Waals surface area (Å²) in [6, 6.07) is 13.3. The van der Waals surface area contributed by atoms with Crippen LogP contribution < -0.4 is 4.74 Å². The molecule has 0 saturated carbocycles. The van der Waals surface area contributed by atoms with Crippen LogP contribution in [0.15, 0.2) is 42.5 Å². The number of hydrogen-bond donors (Lipinski definition) is 0. The molecule has 0 saturated heterocycles. The van der Waals surface area contributed by atoms with Gasteiger partial charge in [0.15, 0.2) is 0 Å². The Morgan fingerprint density at radius 3 is 2.14 bits per heavy atom. The summed E-state index contributed by atoms with van der Waals surface area (Å²) in [6.07, 6.45) is 3.55. The minimum absolute atomic E-state index is 0.370. The van der Waals surface area contributed by atoms with Crippen molar-refractivity contribution < 1.29 is 14.3 Å². The van der Waals surface area contributed by atoms with E-state index in [1.54, 1.807) is 18.2 Å². The lowest BCUT2D eigenvalue weighted by Crippen LogP contribution is -2.27. The van der Waals surface area contributed by atoms with E-state index >= 15 is 0 Å². The summed E-state index contributed by atoms with van der Waals surface area (Å²) in [5, 5.41) is 1.21. The molecule has 5 heteroatoms. The quantitative estimate of drug-likeness (QED) is 0.250. The van der Waals surface area contributed by atoms with E-state index in [1.807, 2.05) is 39.8 Å². The SMILES string of the molecule is CC.CC.CCCN(CCC)CCCn1c(C)c(C)c2cc(Oc3cccc(C(=O)OC)c3)ccc21. The van der Waals surface area contributed by atoms with Gasteiger partial charge < -0.3 is 18.9 Å². The molecule has 200 valence electrons. The highest BCUT2D eigenvalue weighted by atomic mass is 16.5. The number of aryl methyl sites for hydroxylation is 2. The highest BCUT2D eigenvalue weighted by Gasteiger charge is 2.13. The summed E-state index contributed by atoms with van der Waals surface area (Å²) in [5.74, 6) is 1.01. The molecule has 0 aliphatic rings. The minimum atomic E-state index is -0.370. The van der Waals surface area contributed by atoms with Gasteiger partial charge >= 0.3 is 5.97 Å². The van der Waals surface area contributed by atoms with Gasteiger partial charge in [0.2, 0.25) is 0 Å². The molecule has 2 aromatic carbocycles. The second-order valence-electron chi connectivity index (χ2n) is 8.36. The number of hydrogen-bond acceptors (Lipinski definition) is 4. The first-order valence-corrected chi connectivity index (χ1v) is 13.7. The molecule has 0 radical (unpaired) electrons. The Labute approximate surface area is 219 Å². The van der Waals surface area contributed by atoms with Gasteiger partial charge in [0.05, 0.1) is 12.7 Å². The molecule has 0 amide bonds. The maximum Gasteiger partial charge on any atom is 0.337 e. The van der Waals surface area contributed by atoms with E-state index in [0.717, 1.165) is 25.3 Å². The maximum absolute atomic E-state index is 11.8. The molecule has 0 spiro atoms. The predicted molar refractivity (Wildman–Crippen MR) is 154 cm³/mol. The first-order valence-electron chi connectivity index (χ1n) is 13.7. The topological polar surface area (TPSA) is 43.7 Å². The van der Waals surface area contributed by atoms with Gasteiger partial charge in [0.25, 0.3) is 0 Å². The number of carbonyl (C=O) groups is 1. The molecule has 0 fully saturated rings. The summed E-state index contributed by atoms with van der Waals surface area (Å²) < 4.78 is 13.3. The maximum atomic E-state index is 11.8. The molecule has 1 aromatic heterocycles. The summed E-state index contributed by atoms with van der Waals surface area (Å²) in [7, 11) is 1.38. The molecule has 0 aliphatic heterocycles. The van der Waals surface area contributed by atoms with Gasteiger partial charge in [-0.1, -0.05) is 47.6 Å². The minimum Gasteiger partial charge on any atom is -0.465 e.